The molecule has 1 aromatic rings. The van der Waals surface area contributed by atoms with Gasteiger partial charge in [0.2, 0.25) is 0 Å². The van der Waals surface area contributed by atoms with Crippen molar-refractivity contribution < 1.29 is 14.2 Å². The molecule has 2 fully saturated rings. The molecule has 4 nitrogen and oxygen atoms in total. The van der Waals surface area contributed by atoms with E-state index in [0.29, 0.717) is 32.0 Å². The maximum absolute atomic E-state index is 14.3. The summed E-state index contributed by atoms with van der Waals surface area (Å²) in [5.41, 5.74) is 0.957. The van der Waals surface area contributed by atoms with E-state index in [1.54, 1.807) is 17.8 Å². The normalized spacial score (nSPS) is 25.6. The standard InChI is InChI=1S/C16H23FN2O2S/c17-14-9-13(10-18-11-16(20)3-8-22-12-16)1-2-15(14)19-4-6-21-7-5-19/h1-2,9,18,20H,3-8,10-12H2. The van der Waals surface area contributed by atoms with Crippen LogP contribution in [0.4, 0.5) is 10.1 Å². The number of ether oxygens (including phenoxy) is 1. The number of nitrogens with one attached hydrogen (secondary N) is 1. The summed E-state index contributed by atoms with van der Waals surface area (Å²) >= 11 is 1.78. The zero-order valence-electron chi connectivity index (χ0n) is 12.7. The van der Waals surface area contributed by atoms with Gasteiger partial charge in [-0.2, -0.15) is 11.8 Å². The lowest BCUT2D eigenvalue weighted by Gasteiger charge is -2.29. The zero-order valence-corrected chi connectivity index (χ0v) is 13.5. The maximum atomic E-state index is 14.3. The summed E-state index contributed by atoms with van der Waals surface area (Å²) in [5, 5.41) is 13.5. The molecule has 2 saturated heterocycles. The molecular formula is C16H23FN2O2S. The summed E-state index contributed by atoms with van der Waals surface area (Å²) in [6.45, 7) is 3.91. The van der Waals surface area contributed by atoms with Crippen LogP contribution in [0.15, 0.2) is 18.2 Å². The second kappa shape index (κ2) is 7.17. The predicted molar refractivity (Wildman–Crippen MR) is 88.0 cm³/mol. The van der Waals surface area contributed by atoms with Crippen LogP contribution < -0.4 is 10.2 Å². The Balaban J connectivity index is 1.55. The van der Waals surface area contributed by atoms with Gasteiger partial charge in [-0.15, -0.1) is 0 Å². The Bertz CT molecular complexity index is 503. The molecule has 3 rings (SSSR count). The second-order valence-electron chi connectivity index (χ2n) is 6.02. The molecule has 2 aliphatic rings. The highest BCUT2D eigenvalue weighted by molar-refractivity contribution is 7.99. The molecule has 0 bridgehead atoms. The van der Waals surface area contributed by atoms with Crippen LogP contribution in [-0.2, 0) is 11.3 Å². The summed E-state index contributed by atoms with van der Waals surface area (Å²) in [4.78, 5) is 2.02. The van der Waals surface area contributed by atoms with Crippen molar-refractivity contribution >= 4 is 17.4 Å². The number of halogens is 1. The first-order chi connectivity index (χ1) is 10.7. The fourth-order valence-electron chi connectivity index (χ4n) is 2.90. The van der Waals surface area contributed by atoms with Crippen LogP contribution >= 0.6 is 11.8 Å². The number of thioether (sulfide) groups is 1. The molecule has 6 heteroatoms. The van der Waals surface area contributed by atoms with Crippen molar-refractivity contribution in [1.82, 2.24) is 5.32 Å². The van der Waals surface area contributed by atoms with Crippen LogP contribution in [0.25, 0.3) is 0 Å². The summed E-state index contributed by atoms with van der Waals surface area (Å²) < 4.78 is 19.6. The topological polar surface area (TPSA) is 44.7 Å². The zero-order chi connectivity index (χ0) is 15.4. The Morgan fingerprint density at radius 2 is 2.18 bits per heavy atom. The van der Waals surface area contributed by atoms with Crippen molar-refractivity contribution in [2.45, 2.75) is 18.6 Å². The summed E-state index contributed by atoms with van der Waals surface area (Å²) in [7, 11) is 0. The molecule has 1 aromatic carbocycles. The quantitative estimate of drug-likeness (QED) is 0.861. The summed E-state index contributed by atoms with van der Waals surface area (Å²) in [6.07, 6.45) is 0.828. The van der Waals surface area contributed by atoms with Crippen LogP contribution in [0.1, 0.15) is 12.0 Å². The Labute approximate surface area is 135 Å². The van der Waals surface area contributed by atoms with Crippen LogP contribution in [0.3, 0.4) is 0 Å². The van der Waals surface area contributed by atoms with Gasteiger partial charge >= 0.3 is 0 Å². The Hall–Kier alpha value is -0.820. The Kier molecular flexibility index (Phi) is 5.23. The molecule has 0 aliphatic carbocycles. The number of benzene rings is 1. The minimum absolute atomic E-state index is 0.184. The van der Waals surface area contributed by atoms with Crippen molar-refractivity contribution in [3.63, 3.8) is 0 Å². The van der Waals surface area contributed by atoms with Gasteiger partial charge in [0.25, 0.3) is 0 Å². The molecule has 2 N–H and O–H groups in total. The number of hydrogen-bond donors (Lipinski definition) is 2. The minimum atomic E-state index is -0.600. The van der Waals surface area contributed by atoms with E-state index in [1.807, 2.05) is 17.0 Å². The van der Waals surface area contributed by atoms with Crippen molar-refractivity contribution in [2.24, 2.45) is 0 Å². The third kappa shape index (κ3) is 3.93. The molecule has 0 radical (unpaired) electrons. The van der Waals surface area contributed by atoms with E-state index >= 15 is 0 Å². The van der Waals surface area contributed by atoms with Crippen molar-refractivity contribution in [2.75, 3.05) is 49.3 Å². The highest BCUT2D eigenvalue weighted by Gasteiger charge is 2.31. The van der Waals surface area contributed by atoms with Gasteiger partial charge in [-0.3, -0.25) is 0 Å². The number of aliphatic hydroxyl groups is 1. The third-order valence-corrected chi connectivity index (χ3v) is 5.46. The first-order valence-corrected chi connectivity index (χ1v) is 8.94. The van der Waals surface area contributed by atoms with E-state index in [1.165, 1.54) is 0 Å². The molecule has 0 saturated carbocycles. The molecular weight excluding hydrogens is 303 g/mol. The lowest BCUT2D eigenvalue weighted by atomic mass is 10.0. The molecule has 1 atom stereocenters. The second-order valence-corrected chi connectivity index (χ2v) is 7.12. The molecule has 0 spiro atoms. The molecule has 2 aliphatic heterocycles. The lowest BCUT2D eigenvalue weighted by Crippen LogP contribution is -2.40. The molecule has 22 heavy (non-hydrogen) atoms. The Morgan fingerprint density at radius 1 is 1.36 bits per heavy atom. The van der Waals surface area contributed by atoms with Gasteiger partial charge in [0.15, 0.2) is 0 Å². The largest absolute Gasteiger partial charge is 0.388 e. The summed E-state index contributed by atoms with van der Waals surface area (Å²) in [5.74, 6) is 1.61. The van der Waals surface area contributed by atoms with E-state index < -0.39 is 5.60 Å². The average molecular weight is 326 g/mol. The smallest absolute Gasteiger partial charge is 0.146 e. The van der Waals surface area contributed by atoms with Gasteiger partial charge in [0.1, 0.15) is 5.82 Å². The van der Waals surface area contributed by atoms with Gasteiger partial charge in [-0.1, -0.05) is 6.07 Å². The van der Waals surface area contributed by atoms with Gasteiger partial charge < -0.3 is 20.1 Å². The molecule has 0 aromatic heterocycles. The molecule has 122 valence electrons. The molecule has 0 amide bonds. The Morgan fingerprint density at radius 3 is 2.86 bits per heavy atom. The van der Waals surface area contributed by atoms with Crippen LogP contribution in [0, 0.1) is 5.82 Å². The highest BCUT2D eigenvalue weighted by Crippen LogP contribution is 2.27. The third-order valence-electron chi connectivity index (χ3n) is 4.23. The summed E-state index contributed by atoms with van der Waals surface area (Å²) in [6, 6.07) is 5.39. The predicted octanol–water partition coefficient (Wildman–Crippen LogP) is 1.62. The van der Waals surface area contributed by atoms with E-state index in [0.717, 1.165) is 36.6 Å². The van der Waals surface area contributed by atoms with Crippen LogP contribution in [0.2, 0.25) is 0 Å². The van der Waals surface area contributed by atoms with Gasteiger partial charge in [0, 0.05) is 31.9 Å². The fraction of sp³-hybridized carbons (Fsp3) is 0.625. The number of morpholine rings is 1. The van der Waals surface area contributed by atoms with Crippen LogP contribution in [-0.4, -0.2) is 55.1 Å². The number of hydrogen-bond acceptors (Lipinski definition) is 5. The highest BCUT2D eigenvalue weighted by atomic mass is 32.2. The monoisotopic (exact) mass is 326 g/mol. The van der Waals surface area contributed by atoms with Crippen molar-refractivity contribution in [3.05, 3.63) is 29.6 Å². The van der Waals surface area contributed by atoms with Crippen molar-refractivity contribution in [3.8, 4) is 0 Å². The average Bonchev–Trinajstić information content (AvgIpc) is 2.95. The van der Waals surface area contributed by atoms with Crippen molar-refractivity contribution in [1.29, 1.82) is 0 Å². The lowest BCUT2D eigenvalue weighted by molar-refractivity contribution is 0.0674. The first-order valence-electron chi connectivity index (χ1n) is 7.78. The minimum Gasteiger partial charge on any atom is -0.388 e. The molecule has 1 unspecified atom stereocenters. The first kappa shape index (κ1) is 16.1. The van der Waals surface area contributed by atoms with E-state index in [-0.39, 0.29) is 5.82 Å². The molecule has 2 heterocycles. The van der Waals surface area contributed by atoms with Gasteiger partial charge in [-0.05, 0) is 29.9 Å². The van der Waals surface area contributed by atoms with Gasteiger partial charge in [0.05, 0.1) is 24.5 Å². The number of anilines is 1. The SMILES string of the molecule is OC1(CNCc2ccc(N3CCOCC3)c(F)c2)CCSC1. The van der Waals surface area contributed by atoms with Gasteiger partial charge in [-0.25, -0.2) is 4.39 Å². The van der Waals surface area contributed by atoms with E-state index in [4.69, 9.17) is 4.74 Å². The number of rotatable bonds is 5. The fourth-order valence-corrected chi connectivity index (χ4v) is 4.19. The number of nitrogens with zero attached hydrogens (tertiary/aromatic N) is 1. The van der Waals surface area contributed by atoms with E-state index in [9.17, 15) is 9.50 Å². The maximum Gasteiger partial charge on any atom is 0.146 e. The van der Waals surface area contributed by atoms with Crippen LogP contribution in [0.5, 0.6) is 0 Å². The van der Waals surface area contributed by atoms with E-state index in [2.05, 4.69) is 5.32 Å².